The third kappa shape index (κ3) is 2.96. The molecule has 0 aromatic heterocycles. The van der Waals surface area contributed by atoms with Crippen molar-refractivity contribution in [2.75, 3.05) is 13.7 Å². The van der Waals surface area contributed by atoms with Crippen LogP contribution in [0.2, 0.25) is 0 Å². The molecule has 0 bridgehead atoms. The first kappa shape index (κ1) is 14.9. The molecule has 2 N–H and O–H groups in total. The number of hydrogen-bond acceptors (Lipinski definition) is 3. The van der Waals surface area contributed by atoms with Gasteiger partial charge in [0.1, 0.15) is 12.4 Å². The maximum absolute atomic E-state index is 11.1. The highest BCUT2D eigenvalue weighted by Crippen LogP contribution is 2.35. The van der Waals surface area contributed by atoms with Crippen molar-refractivity contribution >= 4 is 5.97 Å². The average molecular weight is 277 g/mol. The van der Waals surface area contributed by atoms with Crippen molar-refractivity contribution in [3.63, 3.8) is 0 Å². The van der Waals surface area contributed by atoms with Gasteiger partial charge in [0.2, 0.25) is 0 Å². The molecule has 20 heavy (non-hydrogen) atoms. The second kappa shape index (κ2) is 5.83. The molecule has 0 heterocycles. The normalized spacial score (nSPS) is 18.4. The molecule has 1 aliphatic carbocycles. The molecule has 1 unspecified atom stereocenters. The van der Waals surface area contributed by atoms with E-state index in [1.807, 2.05) is 19.2 Å². The quantitative estimate of drug-likeness (QED) is 0.869. The Labute approximate surface area is 120 Å². The van der Waals surface area contributed by atoms with Crippen LogP contribution in [0.3, 0.4) is 0 Å². The lowest BCUT2D eigenvalue weighted by Gasteiger charge is -2.28. The summed E-state index contributed by atoms with van der Waals surface area (Å²) in [7, 11) is 1.97. The van der Waals surface area contributed by atoms with Crippen molar-refractivity contribution in [2.24, 2.45) is 5.41 Å². The van der Waals surface area contributed by atoms with Crippen LogP contribution in [0, 0.1) is 5.41 Å². The second-order valence-corrected chi connectivity index (χ2v) is 6.04. The predicted octanol–water partition coefficient (Wildman–Crippen LogP) is 2.77. The van der Waals surface area contributed by atoms with Crippen LogP contribution in [0.25, 0.3) is 0 Å². The van der Waals surface area contributed by atoms with Crippen LogP contribution >= 0.6 is 0 Å². The maximum Gasteiger partial charge on any atom is 0.312 e. The SMILES string of the molecule is CNC1CCCc2c(OCC(C)(C)C(=O)O)cccc21. The molecule has 4 nitrogen and oxygen atoms in total. The van der Waals surface area contributed by atoms with Gasteiger partial charge in [0, 0.05) is 6.04 Å². The zero-order valence-electron chi connectivity index (χ0n) is 12.4. The molecule has 1 atom stereocenters. The number of hydrogen-bond donors (Lipinski definition) is 2. The minimum atomic E-state index is -0.875. The lowest BCUT2D eigenvalue weighted by atomic mass is 9.87. The van der Waals surface area contributed by atoms with E-state index in [1.54, 1.807) is 13.8 Å². The summed E-state index contributed by atoms with van der Waals surface area (Å²) < 4.78 is 5.81. The van der Waals surface area contributed by atoms with E-state index in [4.69, 9.17) is 9.84 Å². The number of aliphatic carboxylic acids is 1. The van der Waals surface area contributed by atoms with Gasteiger partial charge in [0.15, 0.2) is 0 Å². The fraction of sp³-hybridized carbons (Fsp3) is 0.562. The number of rotatable bonds is 5. The fourth-order valence-corrected chi connectivity index (χ4v) is 2.57. The Morgan fingerprint density at radius 2 is 2.25 bits per heavy atom. The van der Waals surface area contributed by atoms with Gasteiger partial charge in [-0.1, -0.05) is 12.1 Å². The van der Waals surface area contributed by atoms with E-state index in [1.165, 1.54) is 11.1 Å². The predicted molar refractivity (Wildman–Crippen MR) is 78.1 cm³/mol. The Morgan fingerprint density at radius 3 is 2.90 bits per heavy atom. The van der Waals surface area contributed by atoms with Gasteiger partial charge in [-0.05, 0) is 57.4 Å². The Hall–Kier alpha value is -1.55. The smallest absolute Gasteiger partial charge is 0.312 e. The molecule has 1 aromatic carbocycles. The average Bonchev–Trinajstić information content (AvgIpc) is 2.44. The maximum atomic E-state index is 11.1. The molecule has 2 rings (SSSR count). The Balaban J connectivity index is 2.20. The molecule has 1 aliphatic rings. The van der Waals surface area contributed by atoms with Crippen molar-refractivity contribution in [2.45, 2.75) is 39.2 Å². The van der Waals surface area contributed by atoms with Crippen LogP contribution < -0.4 is 10.1 Å². The van der Waals surface area contributed by atoms with Gasteiger partial charge >= 0.3 is 5.97 Å². The molecule has 0 amide bonds. The van der Waals surface area contributed by atoms with E-state index in [0.717, 1.165) is 25.0 Å². The van der Waals surface area contributed by atoms with Crippen LogP contribution in [0.5, 0.6) is 5.75 Å². The Morgan fingerprint density at radius 1 is 1.50 bits per heavy atom. The van der Waals surface area contributed by atoms with Crippen molar-refractivity contribution < 1.29 is 14.6 Å². The molecule has 0 fully saturated rings. The molecule has 0 radical (unpaired) electrons. The topological polar surface area (TPSA) is 58.6 Å². The van der Waals surface area contributed by atoms with Crippen LogP contribution in [0.1, 0.15) is 43.9 Å². The molecule has 0 saturated heterocycles. The van der Waals surface area contributed by atoms with Gasteiger partial charge in [-0.3, -0.25) is 4.79 Å². The summed E-state index contributed by atoms with van der Waals surface area (Å²) in [6.07, 6.45) is 3.26. The lowest BCUT2D eigenvalue weighted by Crippen LogP contribution is -2.31. The van der Waals surface area contributed by atoms with Crippen LogP contribution in [-0.2, 0) is 11.2 Å². The largest absolute Gasteiger partial charge is 0.492 e. The number of carboxylic acid groups (broad SMARTS) is 1. The first-order valence-electron chi connectivity index (χ1n) is 7.11. The van der Waals surface area contributed by atoms with Gasteiger partial charge in [-0.15, -0.1) is 0 Å². The monoisotopic (exact) mass is 277 g/mol. The number of nitrogens with one attached hydrogen (secondary N) is 1. The van der Waals surface area contributed by atoms with Gasteiger partial charge in [0.25, 0.3) is 0 Å². The summed E-state index contributed by atoms with van der Waals surface area (Å²) in [6, 6.07) is 6.42. The minimum Gasteiger partial charge on any atom is -0.492 e. The van der Waals surface area contributed by atoms with Crippen molar-refractivity contribution in [1.82, 2.24) is 5.32 Å². The third-order valence-corrected chi connectivity index (χ3v) is 3.98. The van der Waals surface area contributed by atoms with Crippen molar-refractivity contribution in [3.05, 3.63) is 29.3 Å². The minimum absolute atomic E-state index is 0.184. The van der Waals surface area contributed by atoms with Crippen LogP contribution in [0.4, 0.5) is 0 Å². The molecule has 1 aromatic rings. The summed E-state index contributed by atoms with van der Waals surface area (Å²) in [5.74, 6) is -0.00725. The molecular weight excluding hydrogens is 254 g/mol. The molecule has 0 spiro atoms. The van der Waals surface area contributed by atoms with E-state index in [-0.39, 0.29) is 6.61 Å². The van der Waals surface area contributed by atoms with E-state index in [2.05, 4.69) is 11.4 Å². The second-order valence-electron chi connectivity index (χ2n) is 6.04. The summed E-state index contributed by atoms with van der Waals surface area (Å²) >= 11 is 0. The van der Waals surface area contributed by atoms with E-state index < -0.39 is 11.4 Å². The fourth-order valence-electron chi connectivity index (χ4n) is 2.57. The highest BCUT2D eigenvalue weighted by Gasteiger charge is 2.29. The zero-order valence-corrected chi connectivity index (χ0v) is 12.4. The standard InChI is InChI=1S/C16H23NO3/c1-16(2,15(18)19)10-20-14-9-5-6-11-12(14)7-4-8-13(11)17-3/h5-6,9,13,17H,4,7-8,10H2,1-3H3,(H,18,19). The summed E-state index contributed by atoms with van der Waals surface area (Å²) in [4.78, 5) is 11.1. The Kier molecular flexibility index (Phi) is 4.33. The number of carbonyl (C=O) groups is 1. The molecular formula is C16H23NO3. The summed E-state index contributed by atoms with van der Waals surface area (Å²) in [6.45, 7) is 3.55. The summed E-state index contributed by atoms with van der Waals surface area (Å²) in [5.41, 5.74) is 1.63. The highest BCUT2D eigenvalue weighted by atomic mass is 16.5. The Bertz CT molecular complexity index is 496. The lowest BCUT2D eigenvalue weighted by molar-refractivity contribution is -0.148. The van der Waals surface area contributed by atoms with Crippen molar-refractivity contribution in [3.8, 4) is 5.75 Å². The van der Waals surface area contributed by atoms with Gasteiger partial charge in [-0.25, -0.2) is 0 Å². The van der Waals surface area contributed by atoms with E-state index in [9.17, 15) is 4.79 Å². The van der Waals surface area contributed by atoms with Crippen LogP contribution in [0.15, 0.2) is 18.2 Å². The van der Waals surface area contributed by atoms with E-state index >= 15 is 0 Å². The van der Waals surface area contributed by atoms with Gasteiger partial charge < -0.3 is 15.2 Å². The molecule has 110 valence electrons. The van der Waals surface area contributed by atoms with Crippen LogP contribution in [-0.4, -0.2) is 24.7 Å². The molecule has 4 heteroatoms. The summed E-state index contributed by atoms with van der Waals surface area (Å²) in [5, 5.41) is 12.5. The first-order chi connectivity index (χ1) is 9.45. The molecule has 0 saturated carbocycles. The zero-order chi connectivity index (χ0) is 14.8. The highest BCUT2D eigenvalue weighted by molar-refractivity contribution is 5.73. The van der Waals surface area contributed by atoms with Gasteiger partial charge in [0.05, 0.1) is 5.41 Å². The number of benzene rings is 1. The number of carboxylic acids is 1. The van der Waals surface area contributed by atoms with Crippen molar-refractivity contribution in [1.29, 1.82) is 0 Å². The third-order valence-electron chi connectivity index (χ3n) is 3.98. The van der Waals surface area contributed by atoms with E-state index in [0.29, 0.717) is 6.04 Å². The number of fused-ring (bicyclic) bond motifs is 1. The number of ether oxygens (including phenoxy) is 1. The first-order valence-corrected chi connectivity index (χ1v) is 7.11. The van der Waals surface area contributed by atoms with Gasteiger partial charge in [-0.2, -0.15) is 0 Å². The molecule has 0 aliphatic heterocycles.